The lowest BCUT2D eigenvalue weighted by molar-refractivity contribution is -0.141. The molecule has 7 heteroatoms. The largest absolute Gasteiger partial charge is 0.462 e. The molecular weight excluding hydrogens is 406 g/mol. The monoisotopic (exact) mass is 435 g/mol. The van der Waals surface area contributed by atoms with Crippen LogP contribution in [0.1, 0.15) is 70.6 Å². The van der Waals surface area contributed by atoms with E-state index in [1.54, 1.807) is 18.7 Å². The van der Waals surface area contributed by atoms with Gasteiger partial charge in [0.05, 0.1) is 12.3 Å². The molecule has 0 aliphatic carbocycles. The van der Waals surface area contributed by atoms with E-state index in [1.807, 2.05) is 26.8 Å². The maximum atomic E-state index is 14.4. The van der Waals surface area contributed by atoms with Crippen LogP contribution in [-0.2, 0) is 30.9 Å². The Kier molecular flexibility index (Phi) is 4.89. The van der Waals surface area contributed by atoms with Crippen LogP contribution in [0.2, 0.25) is 0 Å². The smallest absolute Gasteiger partial charge is 0.339 e. The molecule has 0 fully saturated rings. The topological polar surface area (TPSA) is 106 Å². The molecule has 0 unspecified atom stereocenters. The zero-order chi connectivity index (χ0) is 23.6. The van der Waals surface area contributed by atoms with E-state index in [-0.39, 0.29) is 41.2 Å². The number of aryl methyl sites for hydroxylation is 1. The summed E-state index contributed by atoms with van der Waals surface area (Å²) in [6.07, 6.45) is 1.50. The molecule has 0 aromatic heterocycles. The van der Waals surface area contributed by atoms with E-state index in [1.165, 1.54) is 0 Å². The lowest BCUT2D eigenvalue weighted by atomic mass is 9.67. The summed E-state index contributed by atoms with van der Waals surface area (Å²) in [4.78, 5) is 29.5. The average molecular weight is 436 g/mol. The van der Waals surface area contributed by atoms with Crippen molar-refractivity contribution in [2.75, 3.05) is 11.5 Å². The SMILES string of the molecule is CCOC(=O)C1=C(C)OC(N)=C(C#N)[C@]12C(=O)N1c3c(cc(CC)cc32)[C@@H](C)CC1(C)C. The zero-order valence-corrected chi connectivity index (χ0v) is 19.5. The number of rotatable bonds is 3. The first-order valence-corrected chi connectivity index (χ1v) is 11.0. The summed E-state index contributed by atoms with van der Waals surface area (Å²) < 4.78 is 11.0. The summed E-state index contributed by atoms with van der Waals surface area (Å²) in [5.74, 6) is -0.821. The molecule has 1 aromatic rings. The van der Waals surface area contributed by atoms with E-state index >= 15 is 0 Å². The summed E-state index contributed by atoms with van der Waals surface area (Å²) >= 11 is 0. The minimum Gasteiger partial charge on any atom is -0.462 e. The number of nitriles is 1. The fourth-order valence-corrected chi connectivity index (χ4v) is 5.71. The molecule has 0 saturated heterocycles. The van der Waals surface area contributed by atoms with E-state index in [0.717, 1.165) is 29.7 Å². The molecule has 1 spiro atoms. The number of hydrogen-bond donors (Lipinski definition) is 1. The zero-order valence-electron chi connectivity index (χ0n) is 19.5. The van der Waals surface area contributed by atoms with E-state index in [9.17, 15) is 14.9 Å². The number of benzene rings is 1. The maximum absolute atomic E-state index is 14.4. The summed E-state index contributed by atoms with van der Waals surface area (Å²) in [6.45, 7) is 11.6. The number of carbonyl (C=O) groups excluding carboxylic acids is 2. The highest BCUT2D eigenvalue weighted by molar-refractivity contribution is 6.20. The van der Waals surface area contributed by atoms with Gasteiger partial charge < -0.3 is 20.1 Å². The standard InChI is InChI=1S/C25H29N3O4/c1-7-15-9-16-13(3)11-24(5,6)28-20(16)17(10-15)25(23(28)30)18(12-26)21(27)32-14(4)19(25)22(29)31-8-2/h9-10,13H,7-8,11,27H2,1-6H3/t13-,25-/m0/s1. The Morgan fingerprint density at radius 2 is 2.06 bits per heavy atom. The van der Waals surface area contributed by atoms with Gasteiger partial charge >= 0.3 is 5.97 Å². The Bertz CT molecular complexity index is 1150. The third-order valence-electron chi connectivity index (χ3n) is 6.90. The highest BCUT2D eigenvalue weighted by Crippen LogP contribution is 2.60. The van der Waals surface area contributed by atoms with Crippen LogP contribution in [-0.4, -0.2) is 24.0 Å². The first-order valence-electron chi connectivity index (χ1n) is 11.0. The summed E-state index contributed by atoms with van der Waals surface area (Å²) in [6, 6.07) is 6.18. The van der Waals surface area contributed by atoms with Crippen LogP contribution in [0, 0.1) is 11.3 Å². The molecule has 2 atom stereocenters. The van der Waals surface area contributed by atoms with Gasteiger partial charge in [-0.1, -0.05) is 26.0 Å². The highest BCUT2D eigenvalue weighted by Gasteiger charge is 2.65. The van der Waals surface area contributed by atoms with Gasteiger partial charge in [-0.05, 0) is 57.6 Å². The fourth-order valence-electron chi connectivity index (χ4n) is 5.71. The number of fused-ring (bicyclic) bond motifs is 1. The number of carbonyl (C=O) groups is 2. The molecule has 1 amide bonds. The Morgan fingerprint density at radius 3 is 2.66 bits per heavy atom. The predicted molar refractivity (Wildman–Crippen MR) is 119 cm³/mol. The Balaban J connectivity index is 2.19. The molecule has 3 aliphatic rings. The van der Waals surface area contributed by atoms with E-state index < -0.39 is 16.9 Å². The minimum absolute atomic E-state index is 0.0309. The third-order valence-corrected chi connectivity index (χ3v) is 6.90. The molecule has 3 heterocycles. The minimum atomic E-state index is -1.69. The molecule has 32 heavy (non-hydrogen) atoms. The van der Waals surface area contributed by atoms with E-state index in [0.29, 0.717) is 5.56 Å². The highest BCUT2D eigenvalue weighted by atomic mass is 16.5. The Labute approximate surface area is 188 Å². The molecule has 4 rings (SSSR count). The number of esters is 1. The number of allylic oxidation sites excluding steroid dienone is 1. The summed E-state index contributed by atoms with van der Waals surface area (Å²) in [5.41, 5.74) is 7.39. The Morgan fingerprint density at radius 1 is 1.38 bits per heavy atom. The van der Waals surface area contributed by atoms with Crippen LogP contribution < -0.4 is 10.6 Å². The number of nitrogens with zero attached hydrogens (tertiary/aromatic N) is 2. The van der Waals surface area contributed by atoms with Gasteiger partial charge in [-0.2, -0.15) is 5.26 Å². The van der Waals surface area contributed by atoms with Gasteiger partial charge in [0.1, 0.15) is 23.0 Å². The van der Waals surface area contributed by atoms with Gasteiger partial charge in [-0.25, -0.2) is 4.79 Å². The van der Waals surface area contributed by atoms with Crippen LogP contribution in [0.25, 0.3) is 0 Å². The van der Waals surface area contributed by atoms with Gasteiger partial charge in [-0.15, -0.1) is 0 Å². The van der Waals surface area contributed by atoms with Crippen molar-refractivity contribution in [1.82, 2.24) is 0 Å². The second kappa shape index (κ2) is 7.13. The van der Waals surface area contributed by atoms with Gasteiger partial charge in [-0.3, -0.25) is 4.79 Å². The van der Waals surface area contributed by atoms with Crippen molar-refractivity contribution in [1.29, 1.82) is 5.26 Å². The van der Waals surface area contributed by atoms with Crippen molar-refractivity contribution in [3.63, 3.8) is 0 Å². The molecule has 2 N–H and O–H groups in total. The van der Waals surface area contributed by atoms with Crippen LogP contribution in [0.4, 0.5) is 5.69 Å². The number of amides is 1. The van der Waals surface area contributed by atoms with Crippen molar-refractivity contribution in [2.24, 2.45) is 5.73 Å². The van der Waals surface area contributed by atoms with Crippen LogP contribution >= 0.6 is 0 Å². The van der Waals surface area contributed by atoms with Gasteiger partial charge in [0.2, 0.25) is 11.8 Å². The molecule has 1 aromatic carbocycles. The molecule has 0 saturated carbocycles. The fraction of sp³-hybridized carbons (Fsp3) is 0.480. The third kappa shape index (κ3) is 2.59. The first kappa shape index (κ1) is 21.9. The second-order valence-corrected chi connectivity index (χ2v) is 9.35. The number of ether oxygens (including phenoxy) is 2. The maximum Gasteiger partial charge on any atom is 0.339 e. The van der Waals surface area contributed by atoms with Gasteiger partial charge in [0.25, 0.3) is 0 Å². The van der Waals surface area contributed by atoms with E-state index in [4.69, 9.17) is 15.2 Å². The first-order chi connectivity index (χ1) is 15.1. The van der Waals surface area contributed by atoms with Crippen molar-refractivity contribution in [3.8, 4) is 6.07 Å². The molecule has 0 radical (unpaired) electrons. The average Bonchev–Trinajstić information content (AvgIpc) is 2.96. The van der Waals surface area contributed by atoms with Crippen LogP contribution in [0.3, 0.4) is 0 Å². The van der Waals surface area contributed by atoms with Crippen molar-refractivity contribution in [2.45, 2.75) is 71.3 Å². The van der Waals surface area contributed by atoms with Gasteiger partial charge in [0.15, 0.2) is 5.41 Å². The Hall–Kier alpha value is -3.27. The molecule has 3 aliphatic heterocycles. The summed E-state index contributed by atoms with van der Waals surface area (Å²) in [7, 11) is 0. The molecule has 168 valence electrons. The number of anilines is 1. The number of nitrogens with two attached hydrogens (primary N) is 1. The van der Waals surface area contributed by atoms with Crippen molar-refractivity contribution >= 4 is 17.6 Å². The summed E-state index contributed by atoms with van der Waals surface area (Å²) in [5, 5.41) is 10.2. The van der Waals surface area contributed by atoms with E-state index in [2.05, 4.69) is 19.1 Å². The van der Waals surface area contributed by atoms with Crippen LogP contribution in [0.5, 0.6) is 0 Å². The quantitative estimate of drug-likeness (QED) is 0.726. The molecule has 7 nitrogen and oxygen atoms in total. The lowest BCUT2D eigenvalue weighted by Crippen LogP contribution is -2.55. The lowest BCUT2D eigenvalue weighted by Gasteiger charge is -2.44. The molecular formula is C25H29N3O4. The van der Waals surface area contributed by atoms with Crippen molar-refractivity contribution < 1.29 is 19.1 Å². The van der Waals surface area contributed by atoms with Gasteiger partial charge in [0, 0.05) is 11.1 Å². The molecule has 0 bridgehead atoms. The van der Waals surface area contributed by atoms with Crippen LogP contribution in [0.15, 0.2) is 34.9 Å². The van der Waals surface area contributed by atoms with Crippen molar-refractivity contribution in [3.05, 3.63) is 51.6 Å². The predicted octanol–water partition coefficient (Wildman–Crippen LogP) is 3.68. The number of hydrogen-bond acceptors (Lipinski definition) is 6. The second-order valence-electron chi connectivity index (χ2n) is 9.35. The normalized spacial score (nSPS) is 25.6.